The maximum Gasteiger partial charge on any atom is 0.243 e. The first-order valence-corrected chi connectivity index (χ1v) is 6.01. The van der Waals surface area contributed by atoms with Crippen LogP contribution in [0.4, 0.5) is 5.69 Å². The quantitative estimate of drug-likeness (QED) is 0.893. The Kier molecular flexibility index (Phi) is 7.05. The van der Waals surface area contributed by atoms with Crippen LogP contribution in [0.3, 0.4) is 0 Å². The van der Waals surface area contributed by atoms with E-state index in [1.165, 1.54) is 7.11 Å². The highest BCUT2D eigenvalue weighted by molar-refractivity contribution is 5.95. The summed E-state index contributed by atoms with van der Waals surface area (Å²) >= 11 is 0. The van der Waals surface area contributed by atoms with E-state index in [4.69, 9.17) is 10.5 Å². The van der Waals surface area contributed by atoms with Crippen molar-refractivity contribution in [2.45, 2.75) is 32.2 Å². The highest BCUT2D eigenvalue weighted by Gasteiger charge is 2.20. The number of hydrogen-bond donors (Lipinski definition) is 2. The summed E-state index contributed by atoms with van der Waals surface area (Å²) in [7, 11) is 1.52. The number of amides is 1. The minimum atomic E-state index is -0.650. The van der Waals surface area contributed by atoms with Crippen LogP contribution in [-0.4, -0.2) is 25.7 Å². The molecule has 0 spiro atoms. The summed E-state index contributed by atoms with van der Waals surface area (Å²) in [6, 6.07) is 7.11. The number of methoxy groups -OCH3 is 1. The molecule has 0 heterocycles. The predicted molar refractivity (Wildman–Crippen MR) is 80.9 cm³/mol. The fourth-order valence-electron chi connectivity index (χ4n) is 1.73. The number of rotatable bonds is 4. The highest BCUT2D eigenvalue weighted by atomic mass is 35.5. The van der Waals surface area contributed by atoms with Crippen molar-refractivity contribution in [2.24, 2.45) is 5.73 Å². The van der Waals surface area contributed by atoms with Crippen molar-refractivity contribution in [3.05, 3.63) is 29.8 Å². The molecule has 1 aromatic rings. The highest BCUT2D eigenvalue weighted by Crippen LogP contribution is 2.29. The molecule has 4 nitrogen and oxygen atoms in total. The van der Waals surface area contributed by atoms with Crippen LogP contribution in [0, 0.1) is 0 Å². The van der Waals surface area contributed by atoms with Crippen LogP contribution in [0.5, 0.6) is 0 Å². The van der Waals surface area contributed by atoms with Gasteiger partial charge in [0, 0.05) is 12.8 Å². The molecule has 0 aliphatic heterocycles. The standard InChI is InChI=1S/C14H22N2O2.ClH/c1-14(2,3)10-7-5-6-8-12(10)16-13(17)11(15)9-18-4;/h5-8,11H,9,15H2,1-4H3,(H,16,17);1H. The summed E-state index contributed by atoms with van der Waals surface area (Å²) < 4.78 is 4.87. The molecule has 3 N–H and O–H groups in total. The summed E-state index contributed by atoms with van der Waals surface area (Å²) in [4.78, 5) is 11.9. The zero-order valence-corrected chi connectivity index (χ0v) is 12.7. The van der Waals surface area contributed by atoms with Crippen molar-refractivity contribution in [1.82, 2.24) is 0 Å². The molecule has 0 saturated carbocycles. The van der Waals surface area contributed by atoms with Gasteiger partial charge in [-0.05, 0) is 17.0 Å². The van der Waals surface area contributed by atoms with Crippen LogP contribution in [0.15, 0.2) is 24.3 Å². The van der Waals surface area contributed by atoms with Crippen LogP contribution in [0.2, 0.25) is 0 Å². The topological polar surface area (TPSA) is 64.3 Å². The molecule has 1 aromatic carbocycles. The number of carbonyl (C=O) groups is 1. The number of benzene rings is 1. The SMILES string of the molecule is COCC(N)C(=O)Nc1ccccc1C(C)(C)C.Cl. The lowest BCUT2D eigenvalue weighted by Crippen LogP contribution is -2.39. The Morgan fingerprint density at radius 1 is 1.37 bits per heavy atom. The van der Waals surface area contributed by atoms with E-state index in [9.17, 15) is 4.79 Å². The third kappa shape index (κ3) is 5.19. The molecule has 0 radical (unpaired) electrons. The summed E-state index contributed by atoms with van der Waals surface area (Å²) in [6.07, 6.45) is 0. The second-order valence-corrected chi connectivity index (χ2v) is 5.35. The van der Waals surface area contributed by atoms with E-state index in [-0.39, 0.29) is 30.3 Å². The maximum atomic E-state index is 11.9. The van der Waals surface area contributed by atoms with Crippen molar-refractivity contribution in [3.63, 3.8) is 0 Å². The second-order valence-electron chi connectivity index (χ2n) is 5.35. The molecule has 0 aliphatic carbocycles. The molecule has 19 heavy (non-hydrogen) atoms. The Hall–Kier alpha value is -1.10. The summed E-state index contributed by atoms with van der Waals surface area (Å²) in [5.41, 5.74) is 7.56. The Morgan fingerprint density at radius 2 is 1.95 bits per heavy atom. The lowest BCUT2D eigenvalue weighted by Gasteiger charge is -2.23. The molecular formula is C14H23ClN2O2. The fraction of sp³-hybridized carbons (Fsp3) is 0.500. The van der Waals surface area contributed by atoms with Gasteiger partial charge in [-0.2, -0.15) is 0 Å². The lowest BCUT2D eigenvalue weighted by molar-refractivity contribution is -0.118. The molecule has 1 rings (SSSR count). The van der Waals surface area contributed by atoms with Gasteiger partial charge >= 0.3 is 0 Å². The molecule has 1 amide bonds. The molecule has 108 valence electrons. The average molecular weight is 287 g/mol. The number of hydrogen-bond acceptors (Lipinski definition) is 3. The van der Waals surface area contributed by atoms with Crippen molar-refractivity contribution in [3.8, 4) is 0 Å². The lowest BCUT2D eigenvalue weighted by atomic mass is 9.86. The van der Waals surface area contributed by atoms with Gasteiger partial charge in [0.2, 0.25) is 5.91 Å². The van der Waals surface area contributed by atoms with Gasteiger partial charge in [-0.25, -0.2) is 0 Å². The van der Waals surface area contributed by atoms with Crippen LogP contribution in [0.25, 0.3) is 0 Å². The van der Waals surface area contributed by atoms with E-state index in [0.29, 0.717) is 0 Å². The average Bonchev–Trinajstić information content (AvgIpc) is 2.28. The van der Waals surface area contributed by atoms with Gasteiger partial charge in [0.25, 0.3) is 0 Å². The molecular weight excluding hydrogens is 264 g/mol. The maximum absolute atomic E-state index is 11.9. The number of nitrogens with one attached hydrogen (secondary N) is 1. The van der Waals surface area contributed by atoms with Gasteiger partial charge in [-0.15, -0.1) is 12.4 Å². The summed E-state index contributed by atoms with van der Waals surface area (Å²) in [6.45, 7) is 6.52. The van der Waals surface area contributed by atoms with Gasteiger partial charge in [-0.1, -0.05) is 39.0 Å². The van der Waals surface area contributed by atoms with Crippen molar-refractivity contribution in [1.29, 1.82) is 0 Å². The van der Waals surface area contributed by atoms with E-state index in [1.54, 1.807) is 0 Å². The molecule has 1 atom stereocenters. The largest absolute Gasteiger partial charge is 0.383 e. The molecule has 1 unspecified atom stereocenters. The molecule has 5 heteroatoms. The van der Waals surface area contributed by atoms with Gasteiger partial charge in [-0.3, -0.25) is 4.79 Å². The van der Waals surface area contributed by atoms with E-state index < -0.39 is 6.04 Å². The summed E-state index contributed by atoms with van der Waals surface area (Å²) in [5.74, 6) is -0.228. The molecule has 0 aromatic heterocycles. The van der Waals surface area contributed by atoms with Crippen LogP contribution >= 0.6 is 12.4 Å². The molecule has 0 fully saturated rings. The van der Waals surface area contributed by atoms with Crippen LogP contribution in [0.1, 0.15) is 26.3 Å². The Bertz CT molecular complexity index is 416. The number of carbonyl (C=O) groups excluding carboxylic acids is 1. The third-order valence-electron chi connectivity index (χ3n) is 2.68. The van der Waals surface area contributed by atoms with Gasteiger partial charge in [0.15, 0.2) is 0 Å². The number of para-hydroxylation sites is 1. The van der Waals surface area contributed by atoms with E-state index in [2.05, 4.69) is 26.1 Å². The monoisotopic (exact) mass is 286 g/mol. The number of anilines is 1. The molecule has 0 aliphatic rings. The van der Waals surface area contributed by atoms with Crippen LogP contribution in [-0.2, 0) is 14.9 Å². The smallest absolute Gasteiger partial charge is 0.243 e. The van der Waals surface area contributed by atoms with Gasteiger partial charge in [0.05, 0.1) is 6.61 Å². The van der Waals surface area contributed by atoms with Gasteiger partial charge in [0.1, 0.15) is 6.04 Å². The van der Waals surface area contributed by atoms with Crippen molar-refractivity contribution in [2.75, 3.05) is 19.0 Å². The zero-order chi connectivity index (χ0) is 13.8. The molecule has 0 saturated heterocycles. The minimum Gasteiger partial charge on any atom is -0.383 e. The Labute approximate surface area is 121 Å². The number of nitrogens with two attached hydrogens (primary N) is 1. The normalized spacial score (nSPS) is 12.5. The second kappa shape index (κ2) is 7.48. The van der Waals surface area contributed by atoms with E-state index >= 15 is 0 Å². The van der Waals surface area contributed by atoms with Crippen LogP contribution < -0.4 is 11.1 Å². The van der Waals surface area contributed by atoms with Crippen molar-refractivity contribution >= 4 is 24.0 Å². The number of halogens is 1. The third-order valence-corrected chi connectivity index (χ3v) is 2.68. The van der Waals surface area contributed by atoms with Crippen molar-refractivity contribution < 1.29 is 9.53 Å². The van der Waals surface area contributed by atoms with E-state index in [0.717, 1.165) is 11.3 Å². The zero-order valence-electron chi connectivity index (χ0n) is 11.9. The Morgan fingerprint density at radius 3 is 2.47 bits per heavy atom. The van der Waals surface area contributed by atoms with Gasteiger partial charge < -0.3 is 15.8 Å². The first kappa shape index (κ1) is 17.9. The van der Waals surface area contributed by atoms with E-state index in [1.807, 2.05) is 24.3 Å². The minimum absolute atomic E-state index is 0. The first-order chi connectivity index (χ1) is 8.36. The fourth-order valence-corrected chi connectivity index (χ4v) is 1.73. The summed E-state index contributed by atoms with van der Waals surface area (Å²) in [5, 5.41) is 2.86. The predicted octanol–water partition coefficient (Wildman–Crippen LogP) is 2.32. The first-order valence-electron chi connectivity index (χ1n) is 6.01. The Balaban J connectivity index is 0.00000324. The molecule has 0 bridgehead atoms. The number of ether oxygens (including phenoxy) is 1.